The molecule has 0 aromatic heterocycles. The van der Waals surface area contributed by atoms with Crippen LogP contribution in [0.3, 0.4) is 0 Å². The van der Waals surface area contributed by atoms with E-state index in [1.807, 2.05) is 6.08 Å². The highest BCUT2D eigenvalue weighted by Crippen LogP contribution is 2.64. The second-order valence-corrected chi connectivity index (χ2v) is 16.8. The Morgan fingerprint density at radius 1 is 1.10 bits per heavy atom. The molecule has 4 heteroatoms. The van der Waals surface area contributed by atoms with Crippen LogP contribution in [-0.2, 0) is 14.0 Å². The molecule has 4 rings (SSSR count). The number of hydrogen-bond acceptors (Lipinski definition) is 3. The van der Waals surface area contributed by atoms with Crippen LogP contribution in [0.1, 0.15) is 80.4 Å². The summed E-state index contributed by atoms with van der Waals surface area (Å²) in [5, 5.41) is 0.0500. The van der Waals surface area contributed by atoms with E-state index < -0.39 is 14.9 Å². The minimum absolute atomic E-state index is 0.0500. The molecule has 0 spiro atoms. The maximum Gasteiger partial charge on any atom is 0.192 e. The molecule has 6 atom stereocenters. The number of carbonyl (C=O) groups is 2. The quantitative estimate of drug-likeness (QED) is 0.522. The van der Waals surface area contributed by atoms with Gasteiger partial charge in [0, 0.05) is 30.3 Å². The van der Waals surface area contributed by atoms with Gasteiger partial charge in [-0.3, -0.25) is 9.59 Å². The Hall–Kier alpha value is -0.743. The summed E-state index contributed by atoms with van der Waals surface area (Å²) < 4.78 is 16.1. The van der Waals surface area contributed by atoms with Crippen LogP contribution >= 0.6 is 0 Å². The van der Waals surface area contributed by atoms with Gasteiger partial charge in [0.25, 0.3) is 0 Å². The van der Waals surface area contributed by atoms with Crippen molar-refractivity contribution in [2.75, 3.05) is 6.58 Å². The van der Waals surface area contributed by atoms with Crippen molar-refractivity contribution < 1.29 is 15.4 Å². The minimum Gasteiger partial charge on any atom is -0.416 e. The minimum atomic E-state index is -2.11. The van der Waals surface area contributed by atoms with E-state index in [-0.39, 0.29) is 21.7 Å². The molecule has 0 amide bonds. The maximum atomic E-state index is 12.7. The summed E-state index contributed by atoms with van der Waals surface area (Å²) in [6.07, 6.45) is 8.78. The predicted octanol–water partition coefficient (Wildman–Crippen LogP) is 6.09. The van der Waals surface area contributed by atoms with Crippen LogP contribution in [0, 0.1) is 28.6 Å². The highest BCUT2D eigenvalue weighted by molar-refractivity contribution is 6.74. The Kier molecular flexibility index (Phi) is 4.79. The zero-order valence-corrected chi connectivity index (χ0v) is 20.3. The van der Waals surface area contributed by atoms with E-state index >= 15 is 0 Å². The monoisotopic (exact) mass is 417 g/mol. The number of carbonyl (C=O) groups excluding carboxylic acids is 2. The normalized spacial score (nSPS) is 41.8. The lowest BCUT2D eigenvalue weighted by molar-refractivity contribution is -0.133. The fraction of sp³-hybridized carbons (Fsp3) is 0.840. The van der Waals surface area contributed by atoms with Crippen LogP contribution in [-0.4, -0.2) is 26.5 Å². The SMILES string of the molecule is [2H][C@H](O[Si](C)(C)C(C)(C)C)[C@]12CCC(=O)C=C1CC[C@@H]1[C@@H]2CC[C@]2(C)C(=O)CC[C@@H]12. The van der Waals surface area contributed by atoms with Crippen LogP contribution in [0.5, 0.6) is 0 Å². The largest absolute Gasteiger partial charge is 0.416 e. The van der Waals surface area contributed by atoms with E-state index in [4.69, 9.17) is 4.43 Å². The van der Waals surface area contributed by atoms with Gasteiger partial charge in [-0.15, -0.1) is 0 Å². The molecule has 0 saturated heterocycles. The van der Waals surface area contributed by atoms with Gasteiger partial charge in [-0.05, 0) is 80.5 Å². The van der Waals surface area contributed by atoms with Crippen molar-refractivity contribution in [2.24, 2.45) is 28.6 Å². The Morgan fingerprint density at radius 2 is 1.83 bits per heavy atom. The summed E-state index contributed by atoms with van der Waals surface area (Å²) in [4.78, 5) is 25.1. The maximum absolute atomic E-state index is 12.7. The number of hydrogen-bond donors (Lipinski definition) is 0. The Morgan fingerprint density at radius 3 is 2.52 bits per heavy atom. The predicted molar refractivity (Wildman–Crippen MR) is 119 cm³/mol. The average molecular weight is 418 g/mol. The third-order valence-corrected chi connectivity index (χ3v) is 14.0. The van der Waals surface area contributed by atoms with Crippen LogP contribution in [0.4, 0.5) is 0 Å². The molecule has 0 radical (unpaired) electrons. The molecule has 3 saturated carbocycles. The summed E-state index contributed by atoms with van der Waals surface area (Å²) in [7, 11) is -2.11. The second-order valence-electron chi connectivity index (χ2n) is 12.0. The molecule has 0 aromatic carbocycles. The van der Waals surface area contributed by atoms with Crippen molar-refractivity contribution in [1.29, 1.82) is 0 Å². The van der Waals surface area contributed by atoms with Gasteiger partial charge in [-0.25, -0.2) is 0 Å². The molecule has 29 heavy (non-hydrogen) atoms. The summed E-state index contributed by atoms with van der Waals surface area (Å²) in [6, 6.07) is 0. The lowest BCUT2D eigenvalue weighted by Gasteiger charge is -2.58. The summed E-state index contributed by atoms with van der Waals surface area (Å²) in [6.45, 7) is 12.7. The van der Waals surface area contributed by atoms with Gasteiger partial charge in [0.15, 0.2) is 14.1 Å². The fourth-order valence-electron chi connectivity index (χ4n) is 6.69. The first-order valence-electron chi connectivity index (χ1n) is 12.3. The van der Waals surface area contributed by atoms with Crippen LogP contribution in [0.25, 0.3) is 0 Å². The highest BCUT2D eigenvalue weighted by Gasteiger charge is 2.60. The van der Waals surface area contributed by atoms with Gasteiger partial charge >= 0.3 is 0 Å². The molecule has 4 aliphatic carbocycles. The van der Waals surface area contributed by atoms with Crippen molar-refractivity contribution in [1.82, 2.24) is 0 Å². The first-order valence-corrected chi connectivity index (χ1v) is 14.6. The van der Waals surface area contributed by atoms with E-state index in [0.29, 0.717) is 30.0 Å². The van der Waals surface area contributed by atoms with Gasteiger partial charge in [0.1, 0.15) is 5.78 Å². The number of rotatable bonds is 3. The molecular weight excluding hydrogens is 376 g/mol. The molecule has 0 aromatic rings. The Labute approximate surface area is 179 Å². The van der Waals surface area contributed by atoms with Crippen molar-refractivity contribution in [3.8, 4) is 0 Å². The van der Waals surface area contributed by atoms with Gasteiger partial charge in [-0.1, -0.05) is 33.3 Å². The molecule has 0 unspecified atom stereocenters. The summed E-state index contributed by atoms with van der Waals surface area (Å²) in [5.74, 6) is 1.97. The average Bonchev–Trinajstić information content (AvgIpc) is 2.95. The number of Topliss-reactive ketones (excluding diaryl/α,β-unsaturated/α-hetero) is 1. The number of ketones is 2. The molecule has 0 N–H and O–H groups in total. The van der Waals surface area contributed by atoms with Crippen molar-refractivity contribution >= 4 is 19.9 Å². The molecule has 0 bridgehead atoms. The molecule has 3 fully saturated rings. The van der Waals surface area contributed by atoms with E-state index in [1.165, 1.54) is 5.57 Å². The zero-order valence-electron chi connectivity index (χ0n) is 20.3. The van der Waals surface area contributed by atoms with E-state index in [1.54, 1.807) is 0 Å². The van der Waals surface area contributed by atoms with Crippen LogP contribution in [0.15, 0.2) is 11.6 Å². The third kappa shape index (κ3) is 3.24. The van der Waals surface area contributed by atoms with E-state index in [2.05, 4.69) is 40.8 Å². The van der Waals surface area contributed by atoms with Crippen molar-refractivity contribution in [3.63, 3.8) is 0 Å². The summed E-state index contributed by atoms with van der Waals surface area (Å²) >= 11 is 0. The molecule has 0 heterocycles. The van der Waals surface area contributed by atoms with Gasteiger partial charge < -0.3 is 4.43 Å². The molecule has 0 aliphatic heterocycles. The molecule has 3 nitrogen and oxygen atoms in total. The first-order chi connectivity index (χ1) is 13.8. The van der Waals surface area contributed by atoms with Crippen molar-refractivity contribution in [2.45, 2.75) is 97.2 Å². The van der Waals surface area contributed by atoms with Crippen molar-refractivity contribution in [3.05, 3.63) is 11.6 Å². The lowest BCUT2D eigenvalue weighted by atomic mass is 9.47. The number of fused-ring (bicyclic) bond motifs is 5. The smallest absolute Gasteiger partial charge is 0.192 e. The zero-order chi connectivity index (χ0) is 22.1. The van der Waals surface area contributed by atoms with Gasteiger partial charge in [0.05, 0.1) is 1.37 Å². The van der Waals surface area contributed by atoms with E-state index in [0.717, 1.165) is 44.9 Å². The molecule has 162 valence electrons. The molecular formula is C25H40O3Si. The van der Waals surface area contributed by atoms with Gasteiger partial charge in [0.2, 0.25) is 0 Å². The first kappa shape index (κ1) is 20.2. The standard InChI is InChI=1S/C25H40O3Si/c1-23(2,3)29(5,6)28-16-25-14-11-18(26)15-17(25)7-8-19-20-9-10-22(27)24(20,4)13-12-21(19)25/h15,19-21H,7-14,16H2,1-6H3/t19-,20-,21-,24-,25+/m0/s1/i16D/t16-,19-,20-,21-,24-,25+. The molecule has 4 aliphatic rings. The fourth-order valence-corrected chi connectivity index (χ4v) is 7.55. The third-order valence-electron chi connectivity index (χ3n) is 9.64. The second kappa shape index (κ2) is 6.88. The Bertz CT molecular complexity index is 782. The lowest BCUT2D eigenvalue weighted by Crippen LogP contribution is -2.55. The van der Waals surface area contributed by atoms with Gasteiger partial charge in [-0.2, -0.15) is 0 Å². The van der Waals surface area contributed by atoms with Crippen LogP contribution < -0.4 is 0 Å². The highest BCUT2D eigenvalue weighted by atomic mass is 28.4. The van der Waals surface area contributed by atoms with E-state index in [9.17, 15) is 11.0 Å². The topological polar surface area (TPSA) is 43.4 Å². The van der Waals surface area contributed by atoms with Crippen LogP contribution in [0.2, 0.25) is 18.1 Å². The summed E-state index contributed by atoms with van der Waals surface area (Å²) in [5.41, 5.74) is 0.678. The Balaban J connectivity index is 1.73.